The van der Waals surface area contributed by atoms with Gasteiger partial charge < -0.3 is 14.9 Å². The molecule has 2 rings (SSSR count). The molecule has 1 aromatic carbocycles. The van der Waals surface area contributed by atoms with Gasteiger partial charge >= 0.3 is 0 Å². The number of hydrogen-bond donors (Lipinski definition) is 1. The molecule has 6 nitrogen and oxygen atoms in total. The Morgan fingerprint density at radius 1 is 1.35 bits per heavy atom. The Balaban J connectivity index is 2.30. The predicted octanol–water partition coefficient (Wildman–Crippen LogP) is 1.69. The lowest BCUT2D eigenvalue weighted by Gasteiger charge is -2.17. The second-order valence-corrected chi connectivity index (χ2v) is 6.26. The number of nitrogens with zero attached hydrogens (tertiary/aromatic N) is 1. The first-order chi connectivity index (χ1) is 9.45. The summed E-state index contributed by atoms with van der Waals surface area (Å²) in [5, 5.41) is 0. The average Bonchev–Trinajstić information content (AvgIpc) is 2.91. The lowest BCUT2D eigenvalue weighted by Crippen LogP contribution is -2.27. The number of methoxy groups -OCH3 is 1. The maximum absolute atomic E-state index is 12.4. The van der Waals surface area contributed by atoms with Crippen LogP contribution in [0.2, 0.25) is 0 Å². The van der Waals surface area contributed by atoms with E-state index in [1.165, 1.54) is 36.9 Å². The standard InChI is InChI=1S/C13H16N2O4S/c1-15(9-11-4-3-7-19-11)20(16,17)13-6-5-10(18-2)8-12(13)14/h3-8H,9,14H2,1-2H3. The molecule has 0 saturated carbocycles. The van der Waals surface area contributed by atoms with Crippen LogP contribution in [0.15, 0.2) is 45.9 Å². The first kappa shape index (κ1) is 14.4. The molecule has 0 atom stereocenters. The van der Waals surface area contributed by atoms with Crippen LogP contribution in [0.1, 0.15) is 5.76 Å². The van der Waals surface area contributed by atoms with Gasteiger partial charge in [-0.25, -0.2) is 8.42 Å². The Kier molecular flexibility index (Phi) is 4.01. The van der Waals surface area contributed by atoms with E-state index in [0.29, 0.717) is 11.5 Å². The van der Waals surface area contributed by atoms with Gasteiger partial charge in [0, 0.05) is 13.1 Å². The van der Waals surface area contributed by atoms with E-state index in [1.807, 2.05) is 0 Å². The predicted molar refractivity (Wildman–Crippen MR) is 74.8 cm³/mol. The quantitative estimate of drug-likeness (QED) is 0.849. The third kappa shape index (κ3) is 2.78. The average molecular weight is 296 g/mol. The fourth-order valence-corrected chi connectivity index (χ4v) is 2.99. The smallest absolute Gasteiger partial charge is 0.245 e. The Morgan fingerprint density at radius 2 is 2.10 bits per heavy atom. The van der Waals surface area contributed by atoms with Crippen LogP contribution in [-0.2, 0) is 16.6 Å². The van der Waals surface area contributed by atoms with Crippen LogP contribution in [0.5, 0.6) is 5.75 Å². The summed E-state index contributed by atoms with van der Waals surface area (Å²) in [5.41, 5.74) is 5.93. The zero-order valence-electron chi connectivity index (χ0n) is 11.2. The number of benzene rings is 1. The van der Waals surface area contributed by atoms with Gasteiger partial charge in [0.15, 0.2) is 0 Å². The molecule has 7 heteroatoms. The lowest BCUT2D eigenvalue weighted by molar-refractivity contribution is 0.405. The van der Waals surface area contributed by atoms with Crippen LogP contribution < -0.4 is 10.5 Å². The third-order valence-electron chi connectivity index (χ3n) is 2.86. The summed E-state index contributed by atoms with van der Waals surface area (Å²) >= 11 is 0. The van der Waals surface area contributed by atoms with Gasteiger partial charge in [-0.3, -0.25) is 0 Å². The monoisotopic (exact) mass is 296 g/mol. The highest BCUT2D eigenvalue weighted by atomic mass is 32.2. The molecule has 0 aliphatic rings. The van der Waals surface area contributed by atoms with E-state index in [-0.39, 0.29) is 17.1 Å². The van der Waals surface area contributed by atoms with Crippen molar-refractivity contribution in [1.82, 2.24) is 4.31 Å². The molecule has 0 fully saturated rings. The van der Waals surface area contributed by atoms with Crippen molar-refractivity contribution in [3.63, 3.8) is 0 Å². The fraction of sp³-hybridized carbons (Fsp3) is 0.231. The van der Waals surface area contributed by atoms with Gasteiger partial charge in [-0.15, -0.1) is 0 Å². The maximum atomic E-state index is 12.4. The third-order valence-corrected chi connectivity index (χ3v) is 4.74. The van der Waals surface area contributed by atoms with Crippen LogP contribution in [0.3, 0.4) is 0 Å². The summed E-state index contributed by atoms with van der Waals surface area (Å²) in [6, 6.07) is 7.89. The normalized spacial score (nSPS) is 11.8. The number of ether oxygens (including phenoxy) is 1. The van der Waals surface area contributed by atoms with E-state index in [9.17, 15) is 8.42 Å². The number of furan rings is 1. The minimum atomic E-state index is -3.68. The number of rotatable bonds is 5. The van der Waals surface area contributed by atoms with Gasteiger partial charge in [0.1, 0.15) is 16.4 Å². The second-order valence-electron chi connectivity index (χ2n) is 4.24. The van der Waals surface area contributed by atoms with Crippen molar-refractivity contribution in [2.24, 2.45) is 0 Å². The molecular weight excluding hydrogens is 280 g/mol. The number of hydrogen-bond acceptors (Lipinski definition) is 5. The minimum absolute atomic E-state index is 0.0485. The summed E-state index contributed by atoms with van der Waals surface area (Å²) in [7, 11) is -0.712. The number of anilines is 1. The molecule has 0 saturated heterocycles. The molecular formula is C13H16N2O4S. The van der Waals surface area contributed by atoms with E-state index in [0.717, 1.165) is 0 Å². The van der Waals surface area contributed by atoms with Crippen molar-refractivity contribution in [3.8, 4) is 5.75 Å². The molecule has 0 bridgehead atoms. The molecule has 1 heterocycles. The minimum Gasteiger partial charge on any atom is -0.497 e. The lowest BCUT2D eigenvalue weighted by atomic mass is 10.3. The van der Waals surface area contributed by atoms with Gasteiger partial charge in [0.2, 0.25) is 10.0 Å². The topological polar surface area (TPSA) is 85.8 Å². The van der Waals surface area contributed by atoms with Crippen LogP contribution in [0, 0.1) is 0 Å². The summed E-state index contributed by atoms with van der Waals surface area (Å²) < 4.78 is 36.2. The number of nitrogen functional groups attached to an aromatic ring is 1. The van der Waals surface area contributed by atoms with Gasteiger partial charge in [-0.2, -0.15) is 4.31 Å². The van der Waals surface area contributed by atoms with Crippen molar-refractivity contribution >= 4 is 15.7 Å². The fourth-order valence-electron chi connectivity index (χ4n) is 1.76. The van der Waals surface area contributed by atoms with E-state index in [2.05, 4.69) is 0 Å². The van der Waals surface area contributed by atoms with Crippen molar-refractivity contribution in [2.45, 2.75) is 11.4 Å². The molecule has 20 heavy (non-hydrogen) atoms. The summed E-state index contributed by atoms with van der Waals surface area (Å²) in [5.74, 6) is 1.07. The first-order valence-electron chi connectivity index (χ1n) is 5.87. The highest BCUT2D eigenvalue weighted by molar-refractivity contribution is 7.89. The van der Waals surface area contributed by atoms with Crippen LogP contribution in [0.4, 0.5) is 5.69 Å². The highest BCUT2D eigenvalue weighted by Crippen LogP contribution is 2.26. The largest absolute Gasteiger partial charge is 0.497 e. The molecule has 0 radical (unpaired) electrons. The number of sulfonamides is 1. The highest BCUT2D eigenvalue weighted by Gasteiger charge is 2.24. The van der Waals surface area contributed by atoms with Crippen LogP contribution >= 0.6 is 0 Å². The zero-order valence-corrected chi connectivity index (χ0v) is 12.1. The molecule has 2 aromatic rings. The van der Waals surface area contributed by atoms with E-state index in [4.69, 9.17) is 14.9 Å². The van der Waals surface area contributed by atoms with Gasteiger partial charge in [-0.05, 0) is 24.3 Å². The van der Waals surface area contributed by atoms with Gasteiger partial charge in [0.25, 0.3) is 0 Å². The summed E-state index contributed by atoms with van der Waals surface area (Å²) in [6.45, 7) is 0.140. The molecule has 0 unspecified atom stereocenters. The van der Waals surface area contributed by atoms with E-state index in [1.54, 1.807) is 18.2 Å². The molecule has 108 valence electrons. The maximum Gasteiger partial charge on any atom is 0.245 e. The molecule has 0 amide bonds. The SMILES string of the molecule is COc1ccc(S(=O)(=O)N(C)Cc2ccco2)c(N)c1. The second kappa shape index (κ2) is 5.56. The summed E-state index contributed by atoms with van der Waals surface area (Å²) in [6.07, 6.45) is 1.50. The molecule has 2 N–H and O–H groups in total. The molecule has 1 aromatic heterocycles. The van der Waals surface area contributed by atoms with Crippen molar-refractivity contribution in [3.05, 3.63) is 42.4 Å². The van der Waals surface area contributed by atoms with Gasteiger partial charge in [-0.1, -0.05) is 0 Å². The van der Waals surface area contributed by atoms with Gasteiger partial charge in [0.05, 0.1) is 25.6 Å². The van der Waals surface area contributed by atoms with Crippen LogP contribution in [-0.4, -0.2) is 26.9 Å². The number of nitrogens with two attached hydrogens (primary N) is 1. The molecule has 0 aliphatic carbocycles. The van der Waals surface area contributed by atoms with E-state index < -0.39 is 10.0 Å². The Labute approximate surface area is 117 Å². The van der Waals surface area contributed by atoms with Crippen molar-refractivity contribution in [2.75, 3.05) is 19.9 Å². The Hall–Kier alpha value is -1.99. The van der Waals surface area contributed by atoms with Crippen molar-refractivity contribution < 1.29 is 17.6 Å². The first-order valence-corrected chi connectivity index (χ1v) is 7.31. The Morgan fingerprint density at radius 3 is 2.65 bits per heavy atom. The van der Waals surface area contributed by atoms with Crippen LogP contribution in [0.25, 0.3) is 0 Å². The summed E-state index contributed by atoms with van der Waals surface area (Å²) in [4.78, 5) is 0.0485. The molecule has 0 spiro atoms. The van der Waals surface area contributed by atoms with E-state index >= 15 is 0 Å². The van der Waals surface area contributed by atoms with Crippen molar-refractivity contribution in [1.29, 1.82) is 0 Å². The Bertz CT molecular complexity index is 680. The molecule has 0 aliphatic heterocycles. The zero-order chi connectivity index (χ0) is 14.8.